The SMILES string of the molecule is C=CCCC[C@H]1CC[C@H](C2CCC(COc3ccc(F)cc3)CC2)CC1. The Morgan fingerprint density at radius 3 is 2.04 bits per heavy atom. The lowest BCUT2D eigenvalue weighted by atomic mass is 9.69. The molecule has 0 aliphatic heterocycles. The average Bonchev–Trinajstić information content (AvgIpc) is 2.69. The summed E-state index contributed by atoms with van der Waals surface area (Å²) in [5.74, 6) is 4.17. The Balaban J connectivity index is 1.32. The molecule has 0 atom stereocenters. The van der Waals surface area contributed by atoms with Crippen LogP contribution in [0.4, 0.5) is 4.39 Å². The summed E-state index contributed by atoms with van der Waals surface area (Å²) in [4.78, 5) is 0. The predicted octanol–water partition coefficient (Wildman–Crippen LogP) is 7.17. The fourth-order valence-corrected chi connectivity index (χ4v) is 5.07. The van der Waals surface area contributed by atoms with E-state index in [0.717, 1.165) is 30.1 Å². The van der Waals surface area contributed by atoms with Crippen molar-refractivity contribution in [3.8, 4) is 5.75 Å². The van der Waals surface area contributed by atoms with Gasteiger partial charge in [-0.15, -0.1) is 6.58 Å². The molecule has 0 aromatic heterocycles. The van der Waals surface area contributed by atoms with Crippen molar-refractivity contribution >= 4 is 0 Å². The van der Waals surface area contributed by atoms with E-state index in [9.17, 15) is 4.39 Å². The molecule has 0 bridgehead atoms. The Hall–Kier alpha value is -1.31. The van der Waals surface area contributed by atoms with Crippen molar-refractivity contribution in [3.05, 3.63) is 42.7 Å². The van der Waals surface area contributed by atoms with Crippen LogP contribution in [0.25, 0.3) is 0 Å². The first kappa shape index (κ1) is 19.5. The first-order valence-electron chi connectivity index (χ1n) is 10.7. The summed E-state index contributed by atoms with van der Waals surface area (Å²) >= 11 is 0. The van der Waals surface area contributed by atoms with Crippen LogP contribution < -0.4 is 4.74 Å². The number of hydrogen-bond acceptors (Lipinski definition) is 1. The largest absolute Gasteiger partial charge is 0.493 e. The lowest BCUT2D eigenvalue weighted by molar-refractivity contribution is 0.121. The van der Waals surface area contributed by atoms with Gasteiger partial charge in [0.2, 0.25) is 0 Å². The van der Waals surface area contributed by atoms with Gasteiger partial charge in [0.05, 0.1) is 6.61 Å². The van der Waals surface area contributed by atoms with E-state index < -0.39 is 0 Å². The van der Waals surface area contributed by atoms with Crippen LogP contribution in [0.5, 0.6) is 5.75 Å². The maximum Gasteiger partial charge on any atom is 0.123 e. The molecule has 2 aliphatic carbocycles. The van der Waals surface area contributed by atoms with Crippen molar-refractivity contribution in [2.45, 2.75) is 70.6 Å². The highest BCUT2D eigenvalue weighted by Crippen LogP contribution is 2.42. The van der Waals surface area contributed by atoms with Crippen molar-refractivity contribution in [2.24, 2.45) is 23.7 Å². The van der Waals surface area contributed by atoms with Crippen molar-refractivity contribution in [1.29, 1.82) is 0 Å². The van der Waals surface area contributed by atoms with Gasteiger partial charge in [-0.2, -0.15) is 0 Å². The van der Waals surface area contributed by atoms with Gasteiger partial charge in [0.25, 0.3) is 0 Å². The maximum atomic E-state index is 12.9. The van der Waals surface area contributed by atoms with E-state index in [2.05, 4.69) is 12.7 Å². The van der Waals surface area contributed by atoms with Gasteiger partial charge in [0.1, 0.15) is 11.6 Å². The zero-order valence-electron chi connectivity index (χ0n) is 16.2. The molecular weight excluding hydrogens is 323 g/mol. The van der Waals surface area contributed by atoms with Gasteiger partial charge in [-0.25, -0.2) is 4.39 Å². The van der Waals surface area contributed by atoms with Gasteiger partial charge in [-0.3, -0.25) is 0 Å². The first-order valence-corrected chi connectivity index (χ1v) is 10.7. The molecule has 144 valence electrons. The Labute approximate surface area is 159 Å². The molecule has 2 aliphatic rings. The number of halogens is 1. The van der Waals surface area contributed by atoms with Crippen LogP contribution in [0.1, 0.15) is 70.6 Å². The maximum absolute atomic E-state index is 12.9. The van der Waals surface area contributed by atoms with Crippen LogP contribution in [0.15, 0.2) is 36.9 Å². The van der Waals surface area contributed by atoms with Crippen LogP contribution in [-0.4, -0.2) is 6.61 Å². The summed E-state index contributed by atoms with van der Waals surface area (Å²) < 4.78 is 18.8. The minimum absolute atomic E-state index is 0.201. The first-order chi connectivity index (χ1) is 12.7. The van der Waals surface area contributed by atoms with Crippen molar-refractivity contribution in [2.75, 3.05) is 6.61 Å². The molecule has 0 N–H and O–H groups in total. The van der Waals surface area contributed by atoms with Gasteiger partial charge >= 0.3 is 0 Å². The van der Waals surface area contributed by atoms with Gasteiger partial charge in [-0.05, 0) is 99.3 Å². The van der Waals surface area contributed by atoms with E-state index in [4.69, 9.17) is 4.74 Å². The average molecular weight is 359 g/mol. The fourth-order valence-electron chi connectivity index (χ4n) is 5.07. The molecule has 0 amide bonds. The molecule has 0 spiro atoms. The summed E-state index contributed by atoms with van der Waals surface area (Å²) in [6.07, 6.45) is 17.2. The Morgan fingerprint density at radius 1 is 0.885 bits per heavy atom. The molecule has 26 heavy (non-hydrogen) atoms. The molecule has 0 heterocycles. The molecule has 2 heteroatoms. The molecule has 1 aromatic rings. The van der Waals surface area contributed by atoms with E-state index in [0.29, 0.717) is 5.92 Å². The summed E-state index contributed by atoms with van der Waals surface area (Å²) in [6.45, 7) is 4.62. The van der Waals surface area contributed by atoms with E-state index in [1.165, 1.54) is 82.8 Å². The van der Waals surface area contributed by atoms with Gasteiger partial charge in [0.15, 0.2) is 0 Å². The third-order valence-electron chi connectivity index (χ3n) is 6.77. The van der Waals surface area contributed by atoms with Crippen LogP contribution in [0.3, 0.4) is 0 Å². The van der Waals surface area contributed by atoms with E-state index >= 15 is 0 Å². The molecule has 0 radical (unpaired) electrons. The van der Waals surface area contributed by atoms with E-state index in [1.54, 1.807) is 12.1 Å². The van der Waals surface area contributed by atoms with Crippen molar-refractivity contribution in [1.82, 2.24) is 0 Å². The summed E-state index contributed by atoms with van der Waals surface area (Å²) in [6, 6.07) is 6.41. The minimum atomic E-state index is -0.201. The second-order valence-corrected chi connectivity index (χ2v) is 8.55. The van der Waals surface area contributed by atoms with Crippen molar-refractivity contribution < 1.29 is 9.13 Å². The number of benzene rings is 1. The predicted molar refractivity (Wildman–Crippen MR) is 107 cm³/mol. The lowest BCUT2D eigenvalue weighted by Crippen LogP contribution is -2.27. The lowest BCUT2D eigenvalue weighted by Gasteiger charge is -2.37. The number of unbranched alkanes of at least 4 members (excludes halogenated alkanes) is 1. The molecule has 2 saturated carbocycles. The Bertz CT molecular complexity index is 522. The van der Waals surface area contributed by atoms with Crippen LogP contribution in [-0.2, 0) is 0 Å². The third-order valence-corrected chi connectivity index (χ3v) is 6.77. The number of hydrogen-bond donors (Lipinski definition) is 0. The molecular formula is C24H35FO. The van der Waals surface area contributed by atoms with Crippen LogP contribution in [0, 0.1) is 29.5 Å². The summed E-state index contributed by atoms with van der Waals surface area (Å²) in [7, 11) is 0. The highest BCUT2D eigenvalue weighted by atomic mass is 19.1. The second-order valence-electron chi connectivity index (χ2n) is 8.55. The van der Waals surface area contributed by atoms with Gasteiger partial charge in [0, 0.05) is 0 Å². The highest BCUT2D eigenvalue weighted by Gasteiger charge is 2.30. The summed E-state index contributed by atoms with van der Waals surface area (Å²) in [5, 5.41) is 0. The van der Waals surface area contributed by atoms with Crippen LogP contribution in [0.2, 0.25) is 0 Å². The van der Waals surface area contributed by atoms with Crippen molar-refractivity contribution in [3.63, 3.8) is 0 Å². The fraction of sp³-hybridized carbons (Fsp3) is 0.667. The number of rotatable bonds is 8. The molecule has 1 nitrogen and oxygen atoms in total. The van der Waals surface area contributed by atoms with Gasteiger partial charge in [-0.1, -0.05) is 25.3 Å². The summed E-state index contributed by atoms with van der Waals surface area (Å²) in [5.41, 5.74) is 0. The zero-order chi connectivity index (χ0) is 18.2. The second kappa shape index (κ2) is 10.1. The normalized spacial score (nSPS) is 29.3. The minimum Gasteiger partial charge on any atom is -0.493 e. The Morgan fingerprint density at radius 2 is 1.46 bits per heavy atom. The Kier molecular flexibility index (Phi) is 7.58. The number of ether oxygens (including phenoxy) is 1. The molecule has 2 fully saturated rings. The standard InChI is InChI=1S/C24H35FO/c1-2-3-4-5-19-6-10-21(11-7-19)22-12-8-20(9-13-22)18-26-24-16-14-23(25)15-17-24/h2,14-17,19-22H,1,3-13,18H2/t19-,20?,21-,22?. The molecule has 0 saturated heterocycles. The van der Waals surface area contributed by atoms with E-state index in [-0.39, 0.29) is 5.82 Å². The van der Waals surface area contributed by atoms with Crippen LogP contribution >= 0.6 is 0 Å². The molecule has 1 aromatic carbocycles. The topological polar surface area (TPSA) is 9.23 Å². The zero-order valence-corrected chi connectivity index (χ0v) is 16.2. The van der Waals surface area contributed by atoms with E-state index in [1.807, 2.05) is 0 Å². The quantitative estimate of drug-likeness (QED) is 0.353. The third kappa shape index (κ3) is 5.86. The number of allylic oxidation sites excluding steroid dienone is 1. The van der Waals surface area contributed by atoms with Gasteiger partial charge < -0.3 is 4.74 Å². The monoisotopic (exact) mass is 358 g/mol. The molecule has 0 unspecified atom stereocenters. The smallest absolute Gasteiger partial charge is 0.123 e. The molecule has 3 rings (SSSR count). The highest BCUT2D eigenvalue weighted by molar-refractivity contribution is 5.22.